The minimum atomic E-state index is -0.465. The third-order valence-corrected chi connectivity index (χ3v) is 3.94. The summed E-state index contributed by atoms with van der Waals surface area (Å²) in [5.74, 6) is -0.381. The number of hydrogen-bond donors (Lipinski definition) is 2. The Morgan fingerprint density at radius 1 is 1.45 bits per heavy atom. The van der Waals surface area contributed by atoms with E-state index in [0.717, 1.165) is 0 Å². The lowest BCUT2D eigenvalue weighted by Crippen LogP contribution is -2.45. The van der Waals surface area contributed by atoms with Gasteiger partial charge in [-0.3, -0.25) is 9.59 Å². The topological polar surface area (TPSA) is 61.4 Å². The zero-order valence-electron chi connectivity index (χ0n) is 12.6. The van der Waals surface area contributed by atoms with Crippen LogP contribution in [0.2, 0.25) is 5.02 Å². The molecule has 0 radical (unpaired) electrons. The number of nitrogens with one attached hydrogen (secondary N) is 2. The van der Waals surface area contributed by atoms with E-state index in [0.29, 0.717) is 30.2 Å². The lowest BCUT2D eigenvalue weighted by molar-refractivity contribution is -0.128. The van der Waals surface area contributed by atoms with Crippen LogP contribution in [-0.4, -0.2) is 38.0 Å². The molecule has 2 amide bonds. The van der Waals surface area contributed by atoms with E-state index in [4.69, 9.17) is 11.6 Å². The van der Waals surface area contributed by atoms with Gasteiger partial charge in [-0.1, -0.05) is 30.7 Å². The summed E-state index contributed by atoms with van der Waals surface area (Å²) in [6.07, 6.45) is 0.599. The number of hydrogen-bond acceptors (Lipinski definition) is 3. The Kier molecular flexibility index (Phi) is 7.13. The number of amides is 2. The molecule has 0 bridgehead atoms. The van der Waals surface area contributed by atoms with E-state index in [1.165, 1.54) is 0 Å². The Balaban J connectivity index is 0.00000242. The number of halogens is 2. The minimum absolute atomic E-state index is 0. The summed E-state index contributed by atoms with van der Waals surface area (Å²) in [7, 11) is 1.80. The summed E-state index contributed by atoms with van der Waals surface area (Å²) >= 11 is 6.13. The summed E-state index contributed by atoms with van der Waals surface area (Å²) in [5.41, 5.74) is 0.698. The summed E-state index contributed by atoms with van der Waals surface area (Å²) in [6, 6.07) is 6.77. The number of para-hydroxylation sites is 1. The van der Waals surface area contributed by atoms with E-state index in [1.807, 2.05) is 25.1 Å². The zero-order valence-corrected chi connectivity index (χ0v) is 14.2. The average molecular weight is 346 g/mol. The highest BCUT2D eigenvalue weighted by Gasteiger charge is 2.34. The van der Waals surface area contributed by atoms with E-state index in [-0.39, 0.29) is 30.1 Å². The van der Waals surface area contributed by atoms with Crippen molar-refractivity contribution in [2.24, 2.45) is 5.92 Å². The van der Waals surface area contributed by atoms with E-state index in [9.17, 15) is 9.59 Å². The van der Waals surface area contributed by atoms with Crippen LogP contribution in [0, 0.1) is 5.92 Å². The molecule has 1 aliphatic rings. The Morgan fingerprint density at radius 3 is 2.77 bits per heavy atom. The van der Waals surface area contributed by atoms with Gasteiger partial charge >= 0.3 is 0 Å². The maximum Gasteiger partial charge on any atom is 0.249 e. The molecule has 2 N–H and O–H groups in total. The second-order valence-electron chi connectivity index (χ2n) is 5.25. The molecule has 1 aliphatic heterocycles. The second-order valence-corrected chi connectivity index (χ2v) is 5.66. The molecule has 1 aromatic rings. The maximum absolute atomic E-state index is 12.4. The molecule has 22 heavy (non-hydrogen) atoms. The SMILES string of the molecule is CNCC(C)C(=O)NC1CCN(c2ccccc2Cl)C1=O.Cl. The van der Waals surface area contributed by atoms with Gasteiger partial charge in [0.1, 0.15) is 6.04 Å². The molecule has 0 aromatic heterocycles. The van der Waals surface area contributed by atoms with Gasteiger partial charge in [0.05, 0.1) is 10.7 Å². The van der Waals surface area contributed by atoms with Crippen LogP contribution in [0.3, 0.4) is 0 Å². The molecule has 1 fully saturated rings. The first-order valence-electron chi connectivity index (χ1n) is 7.05. The van der Waals surface area contributed by atoms with Crippen molar-refractivity contribution in [3.05, 3.63) is 29.3 Å². The fourth-order valence-corrected chi connectivity index (χ4v) is 2.67. The van der Waals surface area contributed by atoms with E-state index < -0.39 is 6.04 Å². The fraction of sp³-hybridized carbons (Fsp3) is 0.467. The lowest BCUT2D eigenvalue weighted by atomic mass is 10.1. The van der Waals surface area contributed by atoms with Crippen LogP contribution in [0.15, 0.2) is 24.3 Å². The Morgan fingerprint density at radius 2 is 2.14 bits per heavy atom. The first-order chi connectivity index (χ1) is 10.0. The van der Waals surface area contributed by atoms with Gasteiger partial charge in [0.2, 0.25) is 11.8 Å². The average Bonchev–Trinajstić information content (AvgIpc) is 2.81. The number of nitrogens with zero attached hydrogens (tertiary/aromatic N) is 1. The van der Waals surface area contributed by atoms with Crippen LogP contribution in [0.5, 0.6) is 0 Å². The largest absolute Gasteiger partial charge is 0.344 e. The first kappa shape index (κ1) is 18.7. The van der Waals surface area contributed by atoms with Gasteiger partial charge in [0, 0.05) is 19.0 Å². The molecule has 2 rings (SSSR count). The van der Waals surface area contributed by atoms with E-state index in [2.05, 4.69) is 10.6 Å². The van der Waals surface area contributed by atoms with Crippen molar-refractivity contribution in [3.63, 3.8) is 0 Å². The maximum atomic E-state index is 12.4. The molecule has 122 valence electrons. The highest BCUT2D eigenvalue weighted by atomic mass is 35.5. The molecular formula is C15H21Cl2N3O2. The molecular weight excluding hydrogens is 325 g/mol. The van der Waals surface area contributed by atoms with Gasteiger partial charge in [0.25, 0.3) is 0 Å². The van der Waals surface area contributed by atoms with Crippen molar-refractivity contribution in [2.75, 3.05) is 25.0 Å². The van der Waals surface area contributed by atoms with Crippen LogP contribution >= 0.6 is 24.0 Å². The van der Waals surface area contributed by atoms with Gasteiger partial charge in [0.15, 0.2) is 0 Å². The molecule has 0 spiro atoms. The summed E-state index contributed by atoms with van der Waals surface area (Å²) < 4.78 is 0. The predicted octanol–water partition coefficient (Wildman–Crippen LogP) is 1.84. The van der Waals surface area contributed by atoms with E-state index in [1.54, 1.807) is 18.0 Å². The van der Waals surface area contributed by atoms with Crippen LogP contribution in [-0.2, 0) is 9.59 Å². The standard InChI is InChI=1S/C15H20ClN3O2.ClH/c1-10(9-17-2)14(20)18-12-7-8-19(15(12)21)13-6-4-3-5-11(13)16;/h3-6,10,12,17H,7-9H2,1-2H3,(H,18,20);1H. The molecule has 2 unspecified atom stereocenters. The minimum Gasteiger partial charge on any atom is -0.344 e. The number of carbonyl (C=O) groups is 2. The highest BCUT2D eigenvalue weighted by Crippen LogP contribution is 2.29. The molecule has 1 heterocycles. The molecule has 0 aliphatic carbocycles. The number of benzene rings is 1. The number of anilines is 1. The zero-order chi connectivity index (χ0) is 15.4. The molecule has 1 saturated heterocycles. The van der Waals surface area contributed by atoms with Crippen molar-refractivity contribution in [2.45, 2.75) is 19.4 Å². The van der Waals surface area contributed by atoms with Crippen molar-refractivity contribution in [1.29, 1.82) is 0 Å². The van der Waals surface area contributed by atoms with Crippen molar-refractivity contribution < 1.29 is 9.59 Å². The molecule has 2 atom stereocenters. The highest BCUT2D eigenvalue weighted by molar-refractivity contribution is 6.34. The molecule has 0 saturated carbocycles. The summed E-state index contributed by atoms with van der Waals surface area (Å²) in [4.78, 5) is 26.0. The quantitative estimate of drug-likeness (QED) is 0.855. The summed E-state index contributed by atoms with van der Waals surface area (Å²) in [5, 5.41) is 6.32. The third kappa shape index (κ3) is 4.12. The molecule has 1 aromatic carbocycles. The predicted molar refractivity (Wildman–Crippen MR) is 90.7 cm³/mol. The number of rotatable bonds is 5. The Labute approximate surface area is 141 Å². The van der Waals surface area contributed by atoms with Crippen molar-refractivity contribution >= 4 is 41.5 Å². The lowest BCUT2D eigenvalue weighted by Gasteiger charge is -2.19. The smallest absolute Gasteiger partial charge is 0.249 e. The monoisotopic (exact) mass is 345 g/mol. The second kappa shape index (κ2) is 8.36. The van der Waals surface area contributed by atoms with Crippen LogP contribution < -0.4 is 15.5 Å². The Bertz CT molecular complexity index is 539. The normalized spacial score (nSPS) is 18.8. The van der Waals surface area contributed by atoms with Gasteiger partial charge in [-0.15, -0.1) is 12.4 Å². The summed E-state index contributed by atoms with van der Waals surface area (Å²) in [6.45, 7) is 2.98. The Hall–Kier alpha value is -1.30. The molecule has 7 heteroatoms. The van der Waals surface area contributed by atoms with Crippen LogP contribution in [0.4, 0.5) is 5.69 Å². The van der Waals surface area contributed by atoms with Gasteiger partial charge in [-0.25, -0.2) is 0 Å². The molecule has 5 nitrogen and oxygen atoms in total. The van der Waals surface area contributed by atoms with Crippen LogP contribution in [0.25, 0.3) is 0 Å². The van der Waals surface area contributed by atoms with Gasteiger partial charge < -0.3 is 15.5 Å². The number of carbonyl (C=O) groups excluding carboxylic acids is 2. The van der Waals surface area contributed by atoms with Crippen LogP contribution in [0.1, 0.15) is 13.3 Å². The van der Waals surface area contributed by atoms with Crippen molar-refractivity contribution in [1.82, 2.24) is 10.6 Å². The van der Waals surface area contributed by atoms with Gasteiger partial charge in [-0.05, 0) is 25.6 Å². The third-order valence-electron chi connectivity index (χ3n) is 3.62. The first-order valence-corrected chi connectivity index (χ1v) is 7.43. The van der Waals surface area contributed by atoms with Crippen molar-refractivity contribution in [3.8, 4) is 0 Å². The van der Waals surface area contributed by atoms with E-state index >= 15 is 0 Å². The fourth-order valence-electron chi connectivity index (χ4n) is 2.44. The van der Waals surface area contributed by atoms with Gasteiger partial charge in [-0.2, -0.15) is 0 Å².